The average Bonchev–Trinajstić information content (AvgIpc) is 3.47. The van der Waals surface area contributed by atoms with Crippen LogP contribution in [-0.4, -0.2) is 37.2 Å². The lowest BCUT2D eigenvalue weighted by Crippen LogP contribution is -2.30. The van der Waals surface area contributed by atoms with Crippen molar-refractivity contribution in [3.63, 3.8) is 0 Å². The van der Waals surface area contributed by atoms with E-state index < -0.39 is 6.10 Å². The lowest BCUT2D eigenvalue weighted by Gasteiger charge is -2.18. The molecule has 0 heterocycles. The molecule has 6 heteroatoms. The van der Waals surface area contributed by atoms with E-state index in [0.29, 0.717) is 19.3 Å². The van der Waals surface area contributed by atoms with E-state index in [0.717, 1.165) is 148 Å². The van der Waals surface area contributed by atoms with Crippen LogP contribution in [0.4, 0.5) is 0 Å². The van der Waals surface area contributed by atoms with Crippen molar-refractivity contribution < 1.29 is 28.6 Å². The Morgan fingerprint density at radius 3 is 0.756 bits per heavy atom. The number of unbranched alkanes of at least 4 members (excludes halogenated alkanes) is 25. The SMILES string of the molecule is CC/C=C\C/C=C\C/C=C\C/C=C\C/C=C\C/C=C\C/C=C\CCCCCC(=O)OCC(COC(=O)CCCCCCCCCCCCCCCC)OC(=O)CCCCCCCCCCC/C=C\C/C=C\C/C=C\C/C=C\C/C=C\CC. The Hall–Kier alpha value is -4.71. The zero-order valence-electron chi connectivity index (χ0n) is 53.2. The molecule has 0 amide bonds. The lowest BCUT2D eigenvalue weighted by atomic mass is 10.0. The highest BCUT2D eigenvalue weighted by Gasteiger charge is 2.19. The first-order valence-corrected chi connectivity index (χ1v) is 33.8. The number of carbonyl (C=O) groups is 3. The zero-order chi connectivity index (χ0) is 59.2. The molecular weight excluding hydrogens is 1010 g/mol. The van der Waals surface area contributed by atoms with Gasteiger partial charge < -0.3 is 14.2 Å². The molecule has 0 saturated heterocycles. The van der Waals surface area contributed by atoms with Gasteiger partial charge in [-0.15, -0.1) is 0 Å². The summed E-state index contributed by atoms with van der Waals surface area (Å²) in [6.07, 6.45) is 98.5. The van der Waals surface area contributed by atoms with Gasteiger partial charge in [0.1, 0.15) is 13.2 Å². The summed E-state index contributed by atoms with van der Waals surface area (Å²) in [6.45, 7) is 6.40. The van der Waals surface area contributed by atoms with E-state index in [-0.39, 0.29) is 31.1 Å². The number of carbonyl (C=O) groups excluding carboxylic acids is 3. The summed E-state index contributed by atoms with van der Waals surface area (Å²) in [5, 5.41) is 0. The van der Waals surface area contributed by atoms with Gasteiger partial charge in [0.15, 0.2) is 6.10 Å². The second-order valence-corrected chi connectivity index (χ2v) is 22.0. The minimum Gasteiger partial charge on any atom is -0.462 e. The van der Waals surface area contributed by atoms with Gasteiger partial charge in [-0.05, 0) is 122 Å². The largest absolute Gasteiger partial charge is 0.462 e. The molecule has 0 bridgehead atoms. The molecule has 0 aliphatic rings. The predicted molar refractivity (Wildman–Crippen MR) is 357 cm³/mol. The van der Waals surface area contributed by atoms with Gasteiger partial charge in [-0.3, -0.25) is 14.4 Å². The van der Waals surface area contributed by atoms with Gasteiger partial charge in [-0.25, -0.2) is 0 Å². The third-order valence-corrected chi connectivity index (χ3v) is 14.1. The maximum Gasteiger partial charge on any atom is 0.306 e. The van der Waals surface area contributed by atoms with Crippen LogP contribution in [-0.2, 0) is 28.6 Å². The first kappa shape index (κ1) is 77.3. The molecule has 1 atom stereocenters. The molecule has 0 radical (unpaired) electrons. The molecule has 0 rings (SSSR count). The van der Waals surface area contributed by atoms with E-state index in [2.05, 4.69) is 167 Å². The second kappa shape index (κ2) is 68.8. The molecule has 0 fully saturated rings. The van der Waals surface area contributed by atoms with E-state index in [4.69, 9.17) is 14.2 Å². The van der Waals surface area contributed by atoms with Crippen LogP contribution in [0.3, 0.4) is 0 Å². The third-order valence-electron chi connectivity index (χ3n) is 14.1. The van der Waals surface area contributed by atoms with Crippen LogP contribution in [0.25, 0.3) is 0 Å². The average molecular weight is 1130 g/mol. The minimum atomic E-state index is -0.802. The van der Waals surface area contributed by atoms with Crippen LogP contribution in [0.2, 0.25) is 0 Å². The van der Waals surface area contributed by atoms with E-state index in [1.807, 2.05) is 0 Å². The Balaban J connectivity index is 4.44. The Morgan fingerprint density at radius 2 is 0.476 bits per heavy atom. The van der Waals surface area contributed by atoms with Crippen LogP contribution in [0.1, 0.15) is 297 Å². The van der Waals surface area contributed by atoms with Gasteiger partial charge >= 0.3 is 17.9 Å². The Morgan fingerprint density at radius 1 is 0.256 bits per heavy atom. The third kappa shape index (κ3) is 66.1. The summed E-state index contributed by atoms with van der Waals surface area (Å²) in [4.78, 5) is 38.4. The smallest absolute Gasteiger partial charge is 0.306 e. The van der Waals surface area contributed by atoms with Crippen LogP contribution in [0.5, 0.6) is 0 Å². The first-order chi connectivity index (χ1) is 40.5. The predicted octanol–water partition coefficient (Wildman–Crippen LogP) is 23.5. The van der Waals surface area contributed by atoms with E-state index >= 15 is 0 Å². The molecule has 0 spiro atoms. The molecule has 0 aromatic heterocycles. The quantitative estimate of drug-likeness (QED) is 0.0261. The summed E-state index contributed by atoms with van der Waals surface area (Å²) in [5.41, 5.74) is 0. The summed E-state index contributed by atoms with van der Waals surface area (Å²) >= 11 is 0. The molecule has 464 valence electrons. The van der Waals surface area contributed by atoms with E-state index in [9.17, 15) is 14.4 Å². The number of esters is 3. The fourth-order valence-corrected chi connectivity index (χ4v) is 9.10. The molecule has 0 aliphatic carbocycles. The van der Waals surface area contributed by atoms with Crippen molar-refractivity contribution in [2.24, 2.45) is 0 Å². The van der Waals surface area contributed by atoms with Gasteiger partial charge in [0.05, 0.1) is 0 Å². The number of allylic oxidation sites excluding steroid dienone is 24. The van der Waals surface area contributed by atoms with Crippen LogP contribution in [0.15, 0.2) is 146 Å². The zero-order valence-corrected chi connectivity index (χ0v) is 53.2. The molecule has 1 unspecified atom stereocenters. The second-order valence-electron chi connectivity index (χ2n) is 22.0. The topological polar surface area (TPSA) is 78.9 Å². The van der Waals surface area contributed by atoms with Gasteiger partial charge in [0, 0.05) is 19.3 Å². The van der Waals surface area contributed by atoms with Crippen molar-refractivity contribution in [1.29, 1.82) is 0 Å². The van der Waals surface area contributed by atoms with Crippen molar-refractivity contribution in [1.82, 2.24) is 0 Å². The number of ether oxygens (including phenoxy) is 3. The van der Waals surface area contributed by atoms with Crippen molar-refractivity contribution in [2.45, 2.75) is 303 Å². The number of rotatable bonds is 60. The number of hydrogen-bond donors (Lipinski definition) is 0. The molecule has 0 saturated carbocycles. The fourth-order valence-electron chi connectivity index (χ4n) is 9.10. The highest BCUT2D eigenvalue weighted by molar-refractivity contribution is 5.71. The van der Waals surface area contributed by atoms with E-state index in [1.165, 1.54) is 109 Å². The maximum absolute atomic E-state index is 13.0. The molecule has 0 aromatic rings. The summed E-state index contributed by atoms with van der Waals surface area (Å²) in [5.74, 6) is -0.929. The standard InChI is InChI=1S/C76H124O6/c1-4-7-10-13-16-19-22-25-28-30-32-34-36-38-40-42-44-46-48-51-54-57-60-63-66-69-75(78)81-72-73(71-80-74(77)68-65-62-59-56-53-50-27-24-21-18-15-12-9-6-3)82-76(79)70-67-64-61-58-55-52-49-47-45-43-41-39-37-35-33-31-29-26-23-20-17-14-11-8-5-2/h7-8,10-11,16-17,19-20,25-26,28-29,32-35,38-41,44,46,51,54,73H,4-6,9,12-15,18,21-24,27,30-31,36-37,42-43,45,47-50,52-53,55-72H2,1-3H3/b10-7-,11-8-,19-16-,20-17-,28-25-,29-26-,34-32-,35-33-,40-38-,41-39-,46-44-,54-51-. The lowest BCUT2D eigenvalue weighted by molar-refractivity contribution is -0.167. The van der Waals surface area contributed by atoms with E-state index in [1.54, 1.807) is 0 Å². The van der Waals surface area contributed by atoms with Crippen molar-refractivity contribution in [3.8, 4) is 0 Å². The molecular formula is C76H124O6. The fraction of sp³-hybridized carbons (Fsp3) is 0.645. The van der Waals surface area contributed by atoms with Crippen LogP contribution >= 0.6 is 0 Å². The Bertz CT molecular complexity index is 1780. The highest BCUT2D eigenvalue weighted by Crippen LogP contribution is 2.16. The Kier molecular flexibility index (Phi) is 64.8. The number of hydrogen-bond acceptors (Lipinski definition) is 6. The van der Waals surface area contributed by atoms with Crippen molar-refractivity contribution >= 4 is 17.9 Å². The van der Waals surface area contributed by atoms with Crippen LogP contribution in [0, 0.1) is 0 Å². The summed E-state index contributed by atoms with van der Waals surface area (Å²) < 4.78 is 16.9. The van der Waals surface area contributed by atoms with Crippen LogP contribution < -0.4 is 0 Å². The highest BCUT2D eigenvalue weighted by atomic mass is 16.6. The normalized spacial score (nSPS) is 13.1. The molecule has 0 N–H and O–H groups in total. The van der Waals surface area contributed by atoms with Gasteiger partial charge in [-0.2, -0.15) is 0 Å². The van der Waals surface area contributed by atoms with Gasteiger partial charge in [-0.1, -0.05) is 301 Å². The molecule has 0 aromatic carbocycles. The first-order valence-electron chi connectivity index (χ1n) is 33.8. The molecule has 6 nitrogen and oxygen atoms in total. The summed E-state index contributed by atoms with van der Waals surface area (Å²) in [7, 11) is 0. The van der Waals surface area contributed by atoms with Gasteiger partial charge in [0.2, 0.25) is 0 Å². The van der Waals surface area contributed by atoms with Crippen molar-refractivity contribution in [2.75, 3.05) is 13.2 Å². The molecule has 0 aliphatic heterocycles. The van der Waals surface area contributed by atoms with Gasteiger partial charge in [0.25, 0.3) is 0 Å². The maximum atomic E-state index is 13.0. The monoisotopic (exact) mass is 1130 g/mol. The molecule has 82 heavy (non-hydrogen) atoms. The summed E-state index contributed by atoms with van der Waals surface area (Å²) in [6, 6.07) is 0. The Labute approximate surface area is 506 Å². The van der Waals surface area contributed by atoms with Crippen molar-refractivity contribution in [3.05, 3.63) is 146 Å². The minimum absolute atomic E-state index is 0.0936.